The van der Waals surface area contributed by atoms with Gasteiger partial charge < -0.3 is 9.80 Å². The molecule has 0 saturated heterocycles. The Bertz CT molecular complexity index is 3170. The van der Waals surface area contributed by atoms with Crippen molar-refractivity contribution in [3.63, 3.8) is 0 Å². The summed E-state index contributed by atoms with van der Waals surface area (Å²) in [6, 6.07) is 79.2. The highest BCUT2D eigenvalue weighted by atomic mass is 32.1. The molecule has 274 valence electrons. The van der Waals surface area contributed by atoms with Crippen LogP contribution in [-0.2, 0) is 0 Å². The van der Waals surface area contributed by atoms with E-state index < -0.39 is 0 Å². The lowest BCUT2D eigenvalue weighted by Gasteiger charge is -2.26. The van der Waals surface area contributed by atoms with Crippen molar-refractivity contribution in [2.75, 3.05) is 9.80 Å². The van der Waals surface area contributed by atoms with Crippen LogP contribution in [0.3, 0.4) is 0 Å². The minimum absolute atomic E-state index is 1.13. The van der Waals surface area contributed by atoms with Gasteiger partial charge in [-0.2, -0.15) is 0 Å². The normalized spacial score (nSPS) is 11.4. The van der Waals surface area contributed by atoms with Crippen LogP contribution in [-0.4, -0.2) is 0 Å². The first kappa shape index (κ1) is 34.3. The molecule has 0 saturated carbocycles. The van der Waals surface area contributed by atoms with E-state index in [1.54, 1.807) is 0 Å². The van der Waals surface area contributed by atoms with E-state index in [0.29, 0.717) is 0 Å². The third-order valence-electron chi connectivity index (χ3n) is 11.1. The SMILES string of the molecule is c1ccc(-c2ccc(N(c3ccc4sc5ccccc5c4c3)c3ccc4sc5cc(-c6ccc(N(c7ccccc7)c7ccccc7)cc6)ccc5c4c3)cc2)cc1. The summed E-state index contributed by atoms with van der Waals surface area (Å²) in [5, 5.41) is 5.14. The maximum atomic E-state index is 2.41. The Kier molecular flexibility index (Phi) is 8.58. The molecule has 9 aromatic carbocycles. The Morgan fingerprint density at radius 1 is 0.224 bits per heavy atom. The van der Waals surface area contributed by atoms with Gasteiger partial charge in [0.1, 0.15) is 0 Å². The van der Waals surface area contributed by atoms with Gasteiger partial charge >= 0.3 is 0 Å². The van der Waals surface area contributed by atoms with Crippen LogP contribution < -0.4 is 9.80 Å². The molecule has 0 N–H and O–H groups in total. The first-order valence-corrected chi connectivity index (χ1v) is 21.2. The Morgan fingerprint density at radius 2 is 0.603 bits per heavy atom. The second-order valence-corrected chi connectivity index (χ2v) is 16.7. The summed E-state index contributed by atoms with van der Waals surface area (Å²) in [4.78, 5) is 4.71. The van der Waals surface area contributed by atoms with Crippen molar-refractivity contribution in [3.05, 3.63) is 218 Å². The predicted molar refractivity (Wildman–Crippen MR) is 252 cm³/mol. The number of rotatable bonds is 8. The molecule has 11 aromatic rings. The second-order valence-electron chi connectivity index (χ2n) is 14.6. The van der Waals surface area contributed by atoms with Crippen molar-refractivity contribution in [1.82, 2.24) is 0 Å². The number of anilines is 6. The van der Waals surface area contributed by atoms with Crippen LogP contribution in [0.5, 0.6) is 0 Å². The molecule has 0 spiro atoms. The van der Waals surface area contributed by atoms with E-state index in [2.05, 4.69) is 228 Å². The van der Waals surface area contributed by atoms with Crippen molar-refractivity contribution >= 4 is 97.1 Å². The Hall–Kier alpha value is -6.98. The second kappa shape index (κ2) is 14.5. The molecule has 0 amide bonds. The van der Waals surface area contributed by atoms with Gasteiger partial charge in [0.15, 0.2) is 0 Å². The lowest BCUT2D eigenvalue weighted by atomic mass is 10.0. The van der Waals surface area contributed by atoms with Crippen LogP contribution in [0.1, 0.15) is 0 Å². The zero-order valence-corrected chi connectivity index (χ0v) is 33.1. The van der Waals surface area contributed by atoms with E-state index in [-0.39, 0.29) is 0 Å². The summed E-state index contributed by atoms with van der Waals surface area (Å²) >= 11 is 3.72. The minimum Gasteiger partial charge on any atom is -0.311 e. The van der Waals surface area contributed by atoms with Gasteiger partial charge in [-0.3, -0.25) is 0 Å². The predicted octanol–water partition coefficient (Wildman–Crippen LogP) is 16.7. The molecule has 0 aliphatic carbocycles. The molecule has 2 aromatic heterocycles. The van der Waals surface area contributed by atoms with Gasteiger partial charge in [-0.1, -0.05) is 121 Å². The maximum Gasteiger partial charge on any atom is 0.0468 e. The largest absolute Gasteiger partial charge is 0.311 e. The summed E-state index contributed by atoms with van der Waals surface area (Å²) in [5.74, 6) is 0. The lowest BCUT2D eigenvalue weighted by Crippen LogP contribution is -2.09. The number of hydrogen-bond donors (Lipinski definition) is 0. The molecule has 0 aliphatic heterocycles. The molecule has 0 aliphatic rings. The number of fused-ring (bicyclic) bond motifs is 6. The van der Waals surface area contributed by atoms with Gasteiger partial charge in [-0.05, 0) is 119 Å². The molecular weight excluding hydrogens is 741 g/mol. The average molecular weight is 777 g/mol. The van der Waals surface area contributed by atoms with Crippen LogP contribution in [0.25, 0.3) is 62.6 Å². The fourth-order valence-electron chi connectivity index (χ4n) is 8.22. The van der Waals surface area contributed by atoms with Crippen LogP contribution in [0.15, 0.2) is 218 Å². The standard InChI is InChI=1S/C54H36N2S2/c1-4-12-37(13-5-1)38-20-25-44(26-21-38)56(45-29-32-52-49(35-45)47-18-10-11-19-51(47)57-52)46-30-33-53-50(36-46)48-31-24-40(34-54(48)58-53)39-22-27-43(28-23-39)55(41-14-6-2-7-15-41)42-16-8-3-9-17-42/h1-36H. The highest BCUT2D eigenvalue weighted by Crippen LogP contribution is 2.44. The van der Waals surface area contributed by atoms with Crippen molar-refractivity contribution in [1.29, 1.82) is 0 Å². The number of nitrogens with zero attached hydrogens (tertiary/aromatic N) is 2. The van der Waals surface area contributed by atoms with Crippen LogP contribution in [0.4, 0.5) is 34.1 Å². The van der Waals surface area contributed by atoms with Gasteiger partial charge in [-0.15, -0.1) is 22.7 Å². The van der Waals surface area contributed by atoms with Gasteiger partial charge in [0, 0.05) is 74.5 Å². The molecule has 0 bridgehead atoms. The third kappa shape index (κ3) is 6.20. The molecule has 58 heavy (non-hydrogen) atoms. The van der Waals surface area contributed by atoms with E-state index in [1.165, 1.54) is 62.6 Å². The van der Waals surface area contributed by atoms with Gasteiger partial charge in [-0.25, -0.2) is 0 Å². The molecule has 11 rings (SSSR count). The molecule has 2 nitrogen and oxygen atoms in total. The minimum atomic E-state index is 1.13. The van der Waals surface area contributed by atoms with E-state index >= 15 is 0 Å². The van der Waals surface area contributed by atoms with Crippen molar-refractivity contribution < 1.29 is 0 Å². The Balaban J connectivity index is 0.975. The highest BCUT2D eigenvalue weighted by molar-refractivity contribution is 7.26. The molecule has 0 fully saturated rings. The van der Waals surface area contributed by atoms with Crippen LogP contribution in [0, 0.1) is 0 Å². The molecule has 2 heterocycles. The smallest absolute Gasteiger partial charge is 0.0468 e. The molecule has 0 radical (unpaired) electrons. The van der Waals surface area contributed by atoms with E-state index in [4.69, 9.17) is 0 Å². The van der Waals surface area contributed by atoms with E-state index in [9.17, 15) is 0 Å². The number of para-hydroxylation sites is 2. The van der Waals surface area contributed by atoms with Gasteiger partial charge in [0.2, 0.25) is 0 Å². The average Bonchev–Trinajstić information content (AvgIpc) is 3.85. The summed E-state index contributed by atoms with van der Waals surface area (Å²) in [6.07, 6.45) is 0. The number of benzene rings is 9. The topological polar surface area (TPSA) is 6.48 Å². The zero-order chi connectivity index (χ0) is 38.4. The highest BCUT2D eigenvalue weighted by Gasteiger charge is 2.18. The van der Waals surface area contributed by atoms with Crippen LogP contribution >= 0.6 is 22.7 Å². The fourth-order valence-corrected chi connectivity index (χ4v) is 10.4. The third-order valence-corrected chi connectivity index (χ3v) is 13.3. The molecular formula is C54H36N2S2. The van der Waals surface area contributed by atoms with Gasteiger partial charge in [0.25, 0.3) is 0 Å². The van der Waals surface area contributed by atoms with Gasteiger partial charge in [0.05, 0.1) is 0 Å². The zero-order valence-electron chi connectivity index (χ0n) is 31.5. The van der Waals surface area contributed by atoms with Crippen LogP contribution in [0.2, 0.25) is 0 Å². The van der Waals surface area contributed by atoms with Crippen molar-refractivity contribution in [2.45, 2.75) is 0 Å². The quantitative estimate of drug-likeness (QED) is 0.152. The summed E-state index contributed by atoms with van der Waals surface area (Å²) in [7, 11) is 0. The number of hydrogen-bond acceptors (Lipinski definition) is 4. The fraction of sp³-hybridized carbons (Fsp3) is 0. The van der Waals surface area contributed by atoms with Crippen molar-refractivity contribution in [2.24, 2.45) is 0 Å². The first-order chi connectivity index (χ1) is 28.7. The van der Waals surface area contributed by atoms with E-state index in [0.717, 1.165) is 34.1 Å². The molecule has 0 atom stereocenters. The Morgan fingerprint density at radius 3 is 1.19 bits per heavy atom. The summed E-state index contributed by atoms with van der Waals surface area (Å²) in [5.41, 5.74) is 11.6. The maximum absolute atomic E-state index is 2.41. The number of thiophene rings is 2. The summed E-state index contributed by atoms with van der Waals surface area (Å²) < 4.78 is 5.19. The summed E-state index contributed by atoms with van der Waals surface area (Å²) in [6.45, 7) is 0. The Labute approximate surface area is 345 Å². The lowest BCUT2D eigenvalue weighted by molar-refractivity contribution is 1.28. The molecule has 4 heteroatoms. The monoisotopic (exact) mass is 776 g/mol. The molecule has 0 unspecified atom stereocenters. The first-order valence-electron chi connectivity index (χ1n) is 19.6. The van der Waals surface area contributed by atoms with E-state index in [1.807, 2.05) is 22.7 Å². The van der Waals surface area contributed by atoms with Crippen molar-refractivity contribution in [3.8, 4) is 22.3 Å².